The molecule has 4 heteroatoms. The lowest BCUT2D eigenvalue weighted by Gasteiger charge is -1.96. The highest BCUT2D eigenvalue weighted by atomic mass is 19.1. The van der Waals surface area contributed by atoms with Gasteiger partial charge in [-0.2, -0.15) is 5.10 Å². The lowest BCUT2D eigenvalue weighted by molar-refractivity contribution is 0.584. The molecular formula is C12H10F2N2. The first-order chi connectivity index (χ1) is 7.72. The second-order valence-corrected chi connectivity index (χ2v) is 4.14. The summed E-state index contributed by atoms with van der Waals surface area (Å²) in [6, 6.07) is 5.30. The molecule has 1 saturated carbocycles. The Morgan fingerprint density at radius 1 is 1.06 bits per heavy atom. The summed E-state index contributed by atoms with van der Waals surface area (Å²) in [5.74, 6) is -0.600. The molecule has 0 unspecified atom stereocenters. The number of benzene rings is 1. The summed E-state index contributed by atoms with van der Waals surface area (Å²) in [6.07, 6.45) is 2.33. The summed E-state index contributed by atoms with van der Waals surface area (Å²) in [7, 11) is 0. The Morgan fingerprint density at radius 3 is 2.38 bits per heavy atom. The fraction of sp³-hybridized carbons (Fsp3) is 0.250. The topological polar surface area (TPSA) is 28.7 Å². The molecule has 0 saturated heterocycles. The highest BCUT2D eigenvalue weighted by Gasteiger charge is 2.25. The van der Waals surface area contributed by atoms with Crippen LogP contribution in [-0.2, 0) is 0 Å². The fourth-order valence-corrected chi connectivity index (χ4v) is 1.79. The van der Waals surface area contributed by atoms with Crippen LogP contribution in [0.3, 0.4) is 0 Å². The van der Waals surface area contributed by atoms with Crippen molar-refractivity contribution in [3.8, 4) is 11.3 Å². The van der Waals surface area contributed by atoms with Gasteiger partial charge in [0.15, 0.2) is 0 Å². The molecule has 82 valence electrons. The Bertz CT molecular complexity index is 509. The van der Waals surface area contributed by atoms with E-state index in [-0.39, 0.29) is 0 Å². The summed E-state index contributed by atoms with van der Waals surface area (Å²) < 4.78 is 26.0. The van der Waals surface area contributed by atoms with E-state index in [0.717, 1.165) is 11.8 Å². The van der Waals surface area contributed by atoms with Crippen LogP contribution < -0.4 is 0 Å². The number of rotatable bonds is 2. The molecule has 16 heavy (non-hydrogen) atoms. The number of nitrogens with one attached hydrogen (secondary N) is 1. The molecule has 0 atom stereocenters. The zero-order valence-electron chi connectivity index (χ0n) is 8.50. The smallest absolute Gasteiger partial charge is 0.126 e. The molecule has 0 amide bonds. The summed E-state index contributed by atoms with van der Waals surface area (Å²) in [5, 5.41) is 6.98. The third kappa shape index (κ3) is 1.71. The van der Waals surface area contributed by atoms with Gasteiger partial charge in [0.2, 0.25) is 0 Å². The van der Waals surface area contributed by atoms with E-state index >= 15 is 0 Å². The van der Waals surface area contributed by atoms with Crippen LogP contribution in [0.2, 0.25) is 0 Å². The van der Waals surface area contributed by atoms with Gasteiger partial charge in [-0.25, -0.2) is 8.78 Å². The second-order valence-electron chi connectivity index (χ2n) is 4.14. The van der Waals surface area contributed by atoms with E-state index in [2.05, 4.69) is 10.2 Å². The molecule has 2 nitrogen and oxygen atoms in total. The second kappa shape index (κ2) is 3.40. The largest absolute Gasteiger partial charge is 0.282 e. The van der Waals surface area contributed by atoms with Gasteiger partial charge in [-0.3, -0.25) is 5.10 Å². The Hall–Kier alpha value is -1.71. The summed E-state index contributed by atoms with van der Waals surface area (Å²) >= 11 is 0. The van der Waals surface area contributed by atoms with E-state index in [9.17, 15) is 8.78 Å². The zero-order valence-corrected chi connectivity index (χ0v) is 8.50. The monoisotopic (exact) mass is 220 g/mol. The van der Waals surface area contributed by atoms with E-state index in [1.54, 1.807) is 0 Å². The molecule has 1 aliphatic rings. The van der Waals surface area contributed by atoms with E-state index in [1.807, 2.05) is 6.07 Å². The molecule has 0 radical (unpaired) electrons. The third-order valence-electron chi connectivity index (χ3n) is 2.77. The molecule has 1 fully saturated rings. The maximum Gasteiger partial charge on any atom is 0.126 e. The van der Waals surface area contributed by atoms with Crippen molar-refractivity contribution >= 4 is 0 Å². The minimum Gasteiger partial charge on any atom is -0.282 e. The van der Waals surface area contributed by atoms with Crippen molar-refractivity contribution in [3.63, 3.8) is 0 Å². The quantitative estimate of drug-likeness (QED) is 0.826. The van der Waals surface area contributed by atoms with Gasteiger partial charge < -0.3 is 0 Å². The number of hydrogen-bond acceptors (Lipinski definition) is 1. The molecule has 0 aliphatic heterocycles. The molecule has 2 aromatic rings. The maximum absolute atomic E-state index is 13.0. The molecule has 1 heterocycles. The maximum atomic E-state index is 13.0. The van der Waals surface area contributed by atoms with Gasteiger partial charge in [0.25, 0.3) is 0 Å². The predicted octanol–water partition coefficient (Wildman–Crippen LogP) is 3.23. The molecule has 1 aromatic heterocycles. The average Bonchev–Trinajstić information content (AvgIpc) is 2.95. The fourth-order valence-electron chi connectivity index (χ4n) is 1.79. The van der Waals surface area contributed by atoms with Gasteiger partial charge in [-0.05, 0) is 31.0 Å². The third-order valence-corrected chi connectivity index (χ3v) is 2.77. The first-order valence-corrected chi connectivity index (χ1v) is 5.24. The zero-order chi connectivity index (χ0) is 11.1. The SMILES string of the molecule is Fc1cc(F)cc(-c2cc(C3CC3)[nH]n2)c1. The normalized spacial score (nSPS) is 15.4. The Morgan fingerprint density at radius 2 is 1.75 bits per heavy atom. The van der Waals surface area contributed by atoms with Crippen molar-refractivity contribution in [2.45, 2.75) is 18.8 Å². The van der Waals surface area contributed by atoms with Gasteiger partial charge in [0, 0.05) is 23.2 Å². The van der Waals surface area contributed by atoms with E-state index < -0.39 is 11.6 Å². The number of hydrogen-bond donors (Lipinski definition) is 1. The van der Waals surface area contributed by atoms with Crippen molar-refractivity contribution < 1.29 is 8.78 Å². The summed E-state index contributed by atoms with van der Waals surface area (Å²) in [5.41, 5.74) is 2.13. The Labute approximate surface area is 91.3 Å². The molecular weight excluding hydrogens is 210 g/mol. The minimum absolute atomic E-state index is 0.473. The Kier molecular flexibility index (Phi) is 2.02. The number of nitrogens with zero attached hydrogens (tertiary/aromatic N) is 1. The van der Waals surface area contributed by atoms with Crippen molar-refractivity contribution in [1.82, 2.24) is 10.2 Å². The first-order valence-electron chi connectivity index (χ1n) is 5.24. The van der Waals surface area contributed by atoms with Gasteiger partial charge in [0.05, 0.1) is 5.69 Å². The van der Waals surface area contributed by atoms with E-state index in [0.29, 0.717) is 17.2 Å². The number of halogens is 2. The molecule has 1 N–H and O–H groups in total. The number of aromatic amines is 1. The van der Waals surface area contributed by atoms with Crippen molar-refractivity contribution in [1.29, 1.82) is 0 Å². The predicted molar refractivity (Wildman–Crippen MR) is 55.9 cm³/mol. The van der Waals surface area contributed by atoms with Crippen LogP contribution in [0.15, 0.2) is 24.3 Å². The van der Waals surface area contributed by atoms with Crippen LogP contribution in [-0.4, -0.2) is 10.2 Å². The van der Waals surface area contributed by atoms with E-state index in [1.165, 1.54) is 25.0 Å². The van der Waals surface area contributed by atoms with Gasteiger partial charge in [-0.1, -0.05) is 0 Å². The number of H-pyrrole nitrogens is 1. The lowest BCUT2D eigenvalue weighted by Crippen LogP contribution is -1.84. The van der Waals surface area contributed by atoms with Crippen LogP contribution in [0.25, 0.3) is 11.3 Å². The van der Waals surface area contributed by atoms with Crippen LogP contribution >= 0.6 is 0 Å². The van der Waals surface area contributed by atoms with Crippen molar-refractivity contribution in [2.75, 3.05) is 0 Å². The summed E-state index contributed by atoms with van der Waals surface area (Å²) in [4.78, 5) is 0. The molecule has 0 spiro atoms. The van der Waals surface area contributed by atoms with Gasteiger partial charge in [0.1, 0.15) is 11.6 Å². The van der Waals surface area contributed by atoms with Crippen molar-refractivity contribution in [3.05, 3.63) is 41.6 Å². The lowest BCUT2D eigenvalue weighted by atomic mass is 10.1. The number of aromatic nitrogens is 2. The first kappa shape index (κ1) is 9.51. The van der Waals surface area contributed by atoms with Crippen LogP contribution in [0, 0.1) is 11.6 Å². The highest BCUT2D eigenvalue weighted by Crippen LogP contribution is 2.39. The average molecular weight is 220 g/mol. The standard InChI is InChI=1S/C12H10F2N2/c13-9-3-8(4-10(14)5-9)12-6-11(15-16-12)7-1-2-7/h3-7H,1-2H2,(H,15,16). The van der Waals surface area contributed by atoms with Gasteiger partial charge in [-0.15, -0.1) is 0 Å². The van der Waals surface area contributed by atoms with Crippen LogP contribution in [0.5, 0.6) is 0 Å². The van der Waals surface area contributed by atoms with Gasteiger partial charge >= 0.3 is 0 Å². The van der Waals surface area contributed by atoms with Crippen molar-refractivity contribution in [2.24, 2.45) is 0 Å². The Balaban J connectivity index is 2.00. The van der Waals surface area contributed by atoms with Crippen LogP contribution in [0.4, 0.5) is 8.78 Å². The molecule has 3 rings (SSSR count). The van der Waals surface area contributed by atoms with E-state index in [4.69, 9.17) is 0 Å². The minimum atomic E-state index is -0.578. The molecule has 1 aliphatic carbocycles. The molecule has 1 aromatic carbocycles. The molecule has 0 bridgehead atoms. The van der Waals surface area contributed by atoms with Crippen LogP contribution in [0.1, 0.15) is 24.5 Å². The summed E-state index contributed by atoms with van der Waals surface area (Å²) in [6.45, 7) is 0. The highest BCUT2D eigenvalue weighted by molar-refractivity contribution is 5.59.